The number of pyridine rings is 1. The van der Waals surface area contributed by atoms with Gasteiger partial charge in [-0.2, -0.15) is 0 Å². The van der Waals surface area contributed by atoms with Gasteiger partial charge in [0, 0.05) is 44.4 Å². The summed E-state index contributed by atoms with van der Waals surface area (Å²) in [5.41, 5.74) is 2.36. The van der Waals surface area contributed by atoms with Crippen LogP contribution in [0.5, 0.6) is 11.6 Å². The molecule has 1 aromatic heterocycles. The highest BCUT2D eigenvalue weighted by Crippen LogP contribution is 2.28. The number of guanidine groups is 1. The second kappa shape index (κ2) is 8.56. The molecule has 1 atom stereocenters. The molecule has 0 aliphatic carbocycles. The highest BCUT2D eigenvalue weighted by Gasteiger charge is 2.26. The number of nitrogens with one attached hydrogen (secondary N) is 1. The van der Waals surface area contributed by atoms with E-state index in [1.165, 1.54) is 5.56 Å². The fourth-order valence-corrected chi connectivity index (χ4v) is 3.35. The number of methoxy groups -OCH3 is 2. The Bertz CT molecular complexity index is 746. The number of hydrogen-bond acceptors (Lipinski definition) is 4. The third-order valence-electron chi connectivity index (χ3n) is 4.77. The molecule has 26 heavy (non-hydrogen) atoms. The van der Waals surface area contributed by atoms with Crippen LogP contribution in [0.25, 0.3) is 0 Å². The average Bonchev–Trinajstić information content (AvgIpc) is 3.19. The molecule has 1 aliphatic heterocycles. The summed E-state index contributed by atoms with van der Waals surface area (Å²) in [5.74, 6) is 2.96. The Hall–Kier alpha value is -2.76. The van der Waals surface area contributed by atoms with Crippen LogP contribution in [0.2, 0.25) is 0 Å². The van der Waals surface area contributed by atoms with Gasteiger partial charge in [-0.25, -0.2) is 4.98 Å². The van der Waals surface area contributed by atoms with Gasteiger partial charge < -0.3 is 19.7 Å². The maximum Gasteiger partial charge on any atom is 0.218 e. The average molecular weight is 354 g/mol. The standard InChI is InChI=1S/C20H26N4O2/c1-21-20(23-13-16-5-4-11-22-19(16)26-3)24-12-10-17(14-24)15-6-8-18(25-2)9-7-15/h4-9,11,17H,10,12-14H2,1-3H3,(H,21,23). The monoisotopic (exact) mass is 354 g/mol. The molecule has 6 heteroatoms. The molecule has 3 rings (SSSR count). The van der Waals surface area contributed by atoms with Crippen LogP contribution in [-0.2, 0) is 6.54 Å². The molecule has 0 amide bonds. The number of nitrogens with zero attached hydrogens (tertiary/aromatic N) is 3. The van der Waals surface area contributed by atoms with Crippen molar-refractivity contribution in [1.29, 1.82) is 0 Å². The number of ether oxygens (including phenoxy) is 2. The number of aromatic nitrogens is 1. The van der Waals surface area contributed by atoms with Crippen molar-refractivity contribution in [3.63, 3.8) is 0 Å². The van der Waals surface area contributed by atoms with Gasteiger partial charge in [-0.1, -0.05) is 18.2 Å². The van der Waals surface area contributed by atoms with Gasteiger partial charge in [0.15, 0.2) is 5.96 Å². The Morgan fingerprint density at radius 2 is 2.04 bits per heavy atom. The van der Waals surface area contributed by atoms with Crippen LogP contribution in [0.4, 0.5) is 0 Å². The molecule has 2 heterocycles. The first-order chi connectivity index (χ1) is 12.7. The second-order valence-corrected chi connectivity index (χ2v) is 6.28. The number of benzene rings is 1. The molecular weight excluding hydrogens is 328 g/mol. The minimum absolute atomic E-state index is 0.507. The molecule has 1 aliphatic rings. The number of likely N-dealkylation sites (tertiary alicyclic amines) is 1. The van der Waals surface area contributed by atoms with Crippen molar-refractivity contribution in [2.75, 3.05) is 34.4 Å². The summed E-state index contributed by atoms with van der Waals surface area (Å²) in [6, 6.07) is 12.3. The summed E-state index contributed by atoms with van der Waals surface area (Å²) in [6.45, 7) is 2.57. The Balaban J connectivity index is 1.60. The minimum atomic E-state index is 0.507. The molecule has 1 unspecified atom stereocenters. The van der Waals surface area contributed by atoms with Gasteiger partial charge in [0.1, 0.15) is 5.75 Å². The maximum absolute atomic E-state index is 5.32. The van der Waals surface area contributed by atoms with E-state index < -0.39 is 0 Å². The molecule has 138 valence electrons. The van der Waals surface area contributed by atoms with E-state index in [4.69, 9.17) is 9.47 Å². The molecule has 1 saturated heterocycles. The van der Waals surface area contributed by atoms with Crippen LogP contribution < -0.4 is 14.8 Å². The molecule has 1 N–H and O–H groups in total. The first-order valence-electron chi connectivity index (χ1n) is 8.82. The van der Waals surface area contributed by atoms with E-state index in [9.17, 15) is 0 Å². The Morgan fingerprint density at radius 1 is 1.23 bits per heavy atom. The van der Waals surface area contributed by atoms with Crippen LogP contribution in [-0.4, -0.2) is 50.2 Å². The number of rotatable bonds is 5. The van der Waals surface area contributed by atoms with E-state index >= 15 is 0 Å². The normalized spacial score (nSPS) is 17.3. The lowest BCUT2D eigenvalue weighted by atomic mass is 9.98. The van der Waals surface area contributed by atoms with Crippen molar-refractivity contribution < 1.29 is 9.47 Å². The van der Waals surface area contributed by atoms with Crippen molar-refractivity contribution >= 4 is 5.96 Å². The lowest BCUT2D eigenvalue weighted by Gasteiger charge is -2.22. The molecule has 0 radical (unpaired) electrons. The Kier molecular flexibility index (Phi) is 5.94. The maximum atomic E-state index is 5.32. The summed E-state index contributed by atoms with van der Waals surface area (Å²) >= 11 is 0. The lowest BCUT2D eigenvalue weighted by molar-refractivity contribution is 0.391. The highest BCUT2D eigenvalue weighted by atomic mass is 16.5. The first-order valence-corrected chi connectivity index (χ1v) is 8.82. The lowest BCUT2D eigenvalue weighted by Crippen LogP contribution is -2.39. The molecule has 1 aromatic carbocycles. The third-order valence-corrected chi connectivity index (χ3v) is 4.77. The quantitative estimate of drug-likeness (QED) is 0.661. The molecule has 0 spiro atoms. The SMILES string of the molecule is CN=C(NCc1cccnc1OC)N1CCC(c2ccc(OC)cc2)C1. The van der Waals surface area contributed by atoms with E-state index in [-0.39, 0.29) is 0 Å². The van der Waals surface area contributed by atoms with E-state index in [2.05, 4.69) is 32.3 Å². The minimum Gasteiger partial charge on any atom is -0.497 e. The van der Waals surface area contributed by atoms with Crippen molar-refractivity contribution in [3.05, 3.63) is 53.7 Å². The fraction of sp³-hybridized carbons (Fsp3) is 0.400. The predicted molar refractivity (Wildman–Crippen MR) is 103 cm³/mol. The van der Waals surface area contributed by atoms with Gasteiger partial charge in [0.25, 0.3) is 0 Å². The summed E-state index contributed by atoms with van der Waals surface area (Å²) in [7, 11) is 5.16. The van der Waals surface area contributed by atoms with Gasteiger partial charge in [0.05, 0.1) is 14.2 Å². The van der Waals surface area contributed by atoms with Crippen LogP contribution in [0.3, 0.4) is 0 Å². The first kappa shape index (κ1) is 18.0. The fourth-order valence-electron chi connectivity index (χ4n) is 3.35. The summed E-state index contributed by atoms with van der Waals surface area (Å²) < 4.78 is 10.6. The van der Waals surface area contributed by atoms with Crippen LogP contribution in [0.1, 0.15) is 23.5 Å². The van der Waals surface area contributed by atoms with Crippen LogP contribution in [0, 0.1) is 0 Å². The second-order valence-electron chi connectivity index (χ2n) is 6.28. The van der Waals surface area contributed by atoms with Crippen molar-refractivity contribution in [1.82, 2.24) is 15.2 Å². The summed E-state index contributed by atoms with van der Waals surface area (Å²) in [5, 5.41) is 3.43. The van der Waals surface area contributed by atoms with Gasteiger partial charge in [-0.15, -0.1) is 0 Å². The van der Waals surface area contributed by atoms with Crippen LogP contribution in [0.15, 0.2) is 47.6 Å². The molecular formula is C20H26N4O2. The highest BCUT2D eigenvalue weighted by molar-refractivity contribution is 5.80. The third kappa shape index (κ3) is 4.07. The summed E-state index contributed by atoms with van der Waals surface area (Å²) in [6.07, 6.45) is 2.85. The van der Waals surface area contributed by atoms with Gasteiger partial charge in [-0.3, -0.25) is 4.99 Å². The predicted octanol–water partition coefficient (Wildman–Crippen LogP) is 2.66. The number of aliphatic imine (C=N–C) groups is 1. The Labute approximate surface area is 154 Å². The van der Waals surface area contributed by atoms with Crippen LogP contribution >= 0.6 is 0 Å². The van der Waals surface area contributed by atoms with Crippen molar-refractivity contribution in [3.8, 4) is 11.6 Å². The van der Waals surface area contributed by atoms with Gasteiger partial charge in [-0.05, 0) is 30.2 Å². The van der Waals surface area contributed by atoms with Gasteiger partial charge in [0.2, 0.25) is 5.88 Å². The smallest absolute Gasteiger partial charge is 0.218 e. The largest absolute Gasteiger partial charge is 0.497 e. The zero-order valence-electron chi connectivity index (χ0n) is 15.6. The topological polar surface area (TPSA) is 59.0 Å². The van der Waals surface area contributed by atoms with Crippen molar-refractivity contribution in [2.45, 2.75) is 18.9 Å². The molecule has 2 aromatic rings. The van der Waals surface area contributed by atoms with Gasteiger partial charge >= 0.3 is 0 Å². The van der Waals surface area contributed by atoms with E-state index in [1.807, 2.05) is 31.3 Å². The molecule has 6 nitrogen and oxygen atoms in total. The van der Waals surface area contributed by atoms with E-state index in [0.29, 0.717) is 18.3 Å². The van der Waals surface area contributed by atoms with E-state index in [0.717, 1.165) is 36.8 Å². The van der Waals surface area contributed by atoms with E-state index in [1.54, 1.807) is 20.4 Å². The molecule has 0 bridgehead atoms. The zero-order valence-corrected chi connectivity index (χ0v) is 15.6. The molecule has 0 saturated carbocycles. The molecule has 1 fully saturated rings. The summed E-state index contributed by atoms with van der Waals surface area (Å²) in [4.78, 5) is 11.0. The Morgan fingerprint density at radius 3 is 2.73 bits per heavy atom. The zero-order chi connectivity index (χ0) is 18.4. The number of hydrogen-bond donors (Lipinski definition) is 1. The van der Waals surface area contributed by atoms with Crippen molar-refractivity contribution in [2.24, 2.45) is 4.99 Å².